The van der Waals surface area contributed by atoms with E-state index in [1.165, 1.54) is 11.4 Å². The molecule has 3 heterocycles. The number of hydrogen-bond acceptors (Lipinski definition) is 7. The number of nitrogens with zero attached hydrogens (tertiary/aromatic N) is 3. The van der Waals surface area contributed by atoms with Crippen molar-refractivity contribution in [3.63, 3.8) is 0 Å². The first kappa shape index (κ1) is 27.1. The van der Waals surface area contributed by atoms with Crippen molar-refractivity contribution in [1.82, 2.24) is 14.2 Å². The van der Waals surface area contributed by atoms with Crippen molar-refractivity contribution < 1.29 is 23.1 Å². The maximum absolute atomic E-state index is 13.5. The summed E-state index contributed by atoms with van der Waals surface area (Å²) in [6.45, 7) is 8.00. The van der Waals surface area contributed by atoms with Gasteiger partial charge in [-0.05, 0) is 30.4 Å². The number of amides is 1. The fourth-order valence-electron chi connectivity index (χ4n) is 3.66. The average molecular weight is 520 g/mol. The van der Waals surface area contributed by atoms with Gasteiger partial charge in [-0.15, -0.1) is 11.3 Å². The summed E-state index contributed by atoms with van der Waals surface area (Å²) in [6, 6.07) is 4.50. The second-order valence-electron chi connectivity index (χ2n) is 9.32. The second-order valence-corrected chi connectivity index (χ2v) is 12.5. The van der Waals surface area contributed by atoms with E-state index in [0.29, 0.717) is 18.0 Å². The van der Waals surface area contributed by atoms with Crippen LogP contribution in [0.3, 0.4) is 0 Å². The van der Waals surface area contributed by atoms with E-state index in [9.17, 15) is 18.3 Å². The molecule has 0 aliphatic carbocycles. The first-order chi connectivity index (χ1) is 16.5. The molecular formula is C25H33N3O5S2. The molecule has 1 aliphatic heterocycles. The Morgan fingerprint density at radius 1 is 1.37 bits per heavy atom. The average Bonchev–Trinajstić information content (AvgIpc) is 3.36. The zero-order valence-corrected chi connectivity index (χ0v) is 22.4. The molecule has 2 aromatic heterocycles. The fourth-order valence-corrected chi connectivity index (χ4v) is 6.05. The number of carbonyl (C=O) groups excluding carboxylic acids is 1. The summed E-state index contributed by atoms with van der Waals surface area (Å²) < 4.78 is 33.7. The number of aromatic nitrogens is 1. The maximum atomic E-state index is 13.5. The monoisotopic (exact) mass is 519 g/mol. The highest BCUT2D eigenvalue weighted by molar-refractivity contribution is 7.91. The lowest BCUT2D eigenvalue weighted by atomic mass is 10.00. The van der Waals surface area contributed by atoms with E-state index in [0.717, 1.165) is 17.8 Å². The molecule has 0 saturated heterocycles. The van der Waals surface area contributed by atoms with Gasteiger partial charge in [0.2, 0.25) is 5.88 Å². The van der Waals surface area contributed by atoms with E-state index in [1.54, 1.807) is 41.6 Å². The zero-order chi connectivity index (χ0) is 25.8. The molecule has 35 heavy (non-hydrogen) atoms. The molecular weight excluding hydrogens is 486 g/mol. The smallest absolute Gasteiger partial charge is 0.259 e. The van der Waals surface area contributed by atoms with Crippen molar-refractivity contribution >= 4 is 27.3 Å². The summed E-state index contributed by atoms with van der Waals surface area (Å²) in [7, 11) is -2.15. The normalized spacial score (nSPS) is 19.4. The second kappa shape index (κ2) is 11.5. The largest absolute Gasteiger partial charge is 0.472 e. The topological polar surface area (TPSA) is 100 Å². The van der Waals surface area contributed by atoms with Crippen LogP contribution in [-0.4, -0.2) is 72.5 Å². The van der Waals surface area contributed by atoms with E-state index in [4.69, 9.17) is 4.74 Å². The van der Waals surface area contributed by atoms with Crippen LogP contribution in [-0.2, 0) is 10.0 Å². The minimum absolute atomic E-state index is 0.0774. The van der Waals surface area contributed by atoms with E-state index in [-0.39, 0.29) is 40.6 Å². The number of aliphatic hydroxyl groups is 1. The third kappa shape index (κ3) is 6.41. The Morgan fingerprint density at radius 2 is 2.11 bits per heavy atom. The fraction of sp³-hybridized carbons (Fsp3) is 0.520. The van der Waals surface area contributed by atoms with Crippen LogP contribution in [0.5, 0.6) is 5.88 Å². The van der Waals surface area contributed by atoms with E-state index in [2.05, 4.69) is 30.7 Å². The van der Waals surface area contributed by atoms with Gasteiger partial charge in [-0.3, -0.25) is 4.79 Å². The van der Waals surface area contributed by atoms with Crippen molar-refractivity contribution in [2.75, 3.05) is 26.7 Å². The van der Waals surface area contributed by atoms with Crippen LogP contribution in [0.1, 0.15) is 50.0 Å². The Kier molecular flexibility index (Phi) is 8.94. The standard InChI is InChI=1S/C25H33N3O5S2/c1-17(2)8-6-9-20-12-21-24(26-13-20)33-22(18(3)14-28(25(21)30)19(4)16-29)15-27(5)35(31,32)23-10-7-11-34-23/h7,10-13,17-19,22,29H,8,14-16H2,1-5H3/t18-,19+,22-/m0/s1. The molecule has 0 unspecified atom stereocenters. The number of ether oxygens (including phenoxy) is 1. The van der Waals surface area contributed by atoms with E-state index >= 15 is 0 Å². The molecule has 0 radical (unpaired) electrons. The molecule has 0 aromatic carbocycles. The number of likely N-dealkylation sites (N-methyl/N-ethyl adjacent to an activating group) is 1. The molecule has 0 fully saturated rings. The number of thiophene rings is 1. The van der Waals surface area contributed by atoms with Crippen molar-refractivity contribution in [2.24, 2.45) is 11.8 Å². The molecule has 0 saturated carbocycles. The maximum Gasteiger partial charge on any atom is 0.259 e. The summed E-state index contributed by atoms with van der Waals surface area (Å²) in [4.78, 5) is 19.4. The highest BCUT2D eigenvalue weighted by Crippen LogP contribution is 2.28. The SMILES string of the molecule is CC(C)CC#Cc1cnc2c(c1)C(=O)N([C@H](C)CO)C[C@H](C)[C@H](CN(C)S(=O)(=O)c1cccs1)O2. The van der Waals surface area contributed by atoms with Gasteiger partial charge in [0.1, 0.15) is 15.9 Å². The lowest BCUT2D eigenvalue weighted by molar-refractivity contribution is 0.0373. The lowest BCUT2D eigenvalue weighted by Gasteiger charge is -2.37. The van der Waals surface area contributed by atoms with Crippen molar-refractivity contribution in [3.8, 4) is 17.7 Å². The number of rotatable bonds is 7. The van der Waals surface area contributed by atoms with Crippen LogP contribution >= 0.6 is 11.3 Å². The van der Waals surface area contributed by atoms with Gasteiger partial charge in [-0.1, -0.05) is 38.7 Å². The third-order valence-electron chi connectivity index (χ3n) is 5.86. The molecule has 190 valence electrons. The van der Waals surface area contributed by atoms with Crippen LogP contribution in [0, 0.1) is 23.7 Å². The number of aliphatic hydroxyl groups excluding tert-OH is 1. The molecule has 2 aromatic rings. The zero-order valence-electron chi connectivity index (χ0n) is 20.8. The molecule has 1 amide bonds. The molecule has 1 aliphatic rings. The van der Waals surface area contributed by atoms with Gasteiger partial charge in [-0.2, -0.15) is 4.31 Å². The number of fused-ring (bicyclic) bond motifs is 1. The van der Waals surface area contributed by atoms with Crippen LogP contribution in [0.2, 0.25) is 0 Å². The molecule has 3 rings (SSSR count). The molecule has 10 heteroatoms. The summed E-state index contributed by atoms with van der Waals surface area (Å²) in [5.74, 6) is 6.19. The predicted molar refractivity (Wildman–Crippen MR) is 136 cm³/mol. The predicted octanol–water partition coefficient (Wildman–Crippen LogP) is 3.08. The lowest BCUT2D eigenvalue weighted by Crippen LogP contribution is -2.50. The van der Waals surface area contributed by atoms with Gasteiger partial charge >= 0.3 is 0 Å². The van der Waals surface area contributed by atoms with Gasteiger partial charge < -0.3 is 14.7 Å². The van der Waals surface area contributed by atoms with Gasteiger partial charge in [-0.25, -0.2) is 13.4 Å². The summed E-state index contributed by atoms with van der Waals surface area (Å²) in [5, 5.41) is 11.5. The Morgan fingerprint density at radius 3 is 2.74 bits per heavy atom. The highest BCUT2D eigenvalue weighted by atomic mass is 32.2. The van der Waals surface area contributed by atoms with Crippen LogP contribution < -0.4 is 4.74 Å². The number of carbonyl (C=O) groups is 1. The summed E-state index contributed by atoms with van der Waals surface area (Å²) >= 11 is 1.16. The molecule has 3 atom stereocenters. The first-order valence-electron chi connectivity index (χ1n) is 11.6. The van der Waals surface area contributed by atoms with Crippen molar-refractivity contribution in [3.05, 3.63) is 40.9 Å². The number of sulfonamides is 1. The van der Waals surface area contributed by atoms with Gasteiger partial charge in [0.05, 0.1) is 19.2 Å². The Labute approximate surface area is 212 Å². The number of pyridine rings is 1. The first-order valence-corrected chi connectivity index (χ1v) is 13.9. The van der Waals surface area contributed by atoms with Crippen molar-refractivity contribution in [1.29, 1.82) is 0 Å². The third-order valence-corrected chi connectivity index (χ3v) is 9.06. The van der Waals surface area contributed by atoms with Crippen LogP contribution in [0.15, 0.2) is 34.0 Å². The number of hydrogen-bond donors (Lipinski definition) is 1. The minimum atomic E-state index is -3.67. The Hall–Kier alpha value is -2.45. The molecule has 0 spiro atoms. The van der Waals surface area contributed by atoms with E-state index < -0.39 is 22.2 Å². The summed E-state index contributed by atoms with van der Waals surface area (Å²) in [6.07, 6.45) is 1.72. The van der Waals surface area contributed by atoms with Crippen LogP contribution in [0.25, 0.3) is 0 Å². The van der Waals surface area contributed by atoms with Gasteiger partial charge in [0.25, 0.3) is 15.9 Å². The van der Waals surface area contributed by atoms with E-state index in [1.807, 2.05) is 6.92 Å². The molecule has 8 nitrogen and oxygen atoms in total. The Bertz CT molecular complexity index is 1190. The van der Waals surface area contributed by atoms with Crippen molar-refractivity contribution in [2.45, 2.75) is 50.5 Å². The Balaban J connectivity index is 1.97. The van der Waals surface area contributed by atoms with Gasteiger partial charge in [0, 0.05) is 37.7 Å². The highest BCUT2D eigenvalue weighted by Gasteiger charge is 2.36. The van der Waals surface area contributed by atoms with Crippen LogP contribution in [0.4, 0.5) is 0 Å². The molecule has 1 N–H and O–H groups in total. The summed E-state index contributed by atoms with van der Waals surface area (Å²) in [5.41, 5.74) is 0.850. The van der Waals surface area contributed by atoms with Gasteiger partial charge in [0.15, 0.2) is 0 Å². The quantitative estimate of drug-likeness (QED) is 0.565. The minimum Gasteiger partial charge on any atom is -0.472 e. The molecule has 0 bridgehead atoms.